The van der Waals surface area contributed by atoms with E-state index in [1.165, 1.54) is 24.0 Å². The van der Waals surface area contributed by atoms with Crippen LogP contribution in [0.5, 0.6) is 5.75 Å². The zero-order valence-electron chi connectivity index (χ0n) is 10.7. The molecule has 94 valence electrons. The van der Waals surface area contributed by atoms with E-state index in [4.69, 9.17) is 9.47 Å². The lowest BCUT2D eigenvalue weighted by atomic mass is 10.1. The van der Waals surface area contributed by atoms with Gasteiger partial charge in [0.1, 0.15) is 12.4 Å². The van der Waals surface area contributed by atoms with Gasteiger partial charge in [-0.3, -0.25) is 0 Å². The fourth-order valence-electron chi connectivity index (χ4n) is 1.76. The van der Waals surface area contributed by atoms with Crippen molar-refractivity contribution in [3.05, 3.63) is 29.3 Å². The monoisotopic (exact) mass is 235 g/mol. The third-order valence-electron chi connectivity index (χ3n) is 2.92. The molecule has 1 aliphatic rings. The van der Waals surface area contributed by atoms with Gasteiger partial charge in [-0.15, -0.1) is 0 Å². The summed E-state index contributed by atoms with van der Waals surface area (Å²) in [6, 6.07) is 7.05. The Morgan fingerprint density at radius 1 is 1.29 bits per heavy atom. The summed E-state index contributed by atoms with van der Waals surface area (Å²) in [6.45, 7) is 4.24. The Bertz CT molecular complexity index is 361. The van der Waals surface area contributed by atoms with Crippen molar-refractivity contribution in [3.8, 4) is 5.75 Å². The molecule has 17 heavy (non-hydrogen) atoms. The van der Waals surface area contributed by atoms with Gasteiger partial charge >= 0.3 is 0 Å². The first-order chi connectivity index (χ1) is 8.29. The molecule has 1 N–H and O–H groups in total. The van der Waals surface area contributed by atoms with Crippen LogP contribution in [0.15, 0.2) is 18.2 Å². The Hall–Kier alpha value is -1.06. The lowest BCUT2D eigenvalue weighted by Gasteiger charge is -2.12. The molecule has 0 atom stereocenters. The number of benzene rings is 1. The van der Waals surface area contributed by atoms with Crippen LogP contribution < -0.4 is 10.1 Å². The van der Waals surface area contributed by atoms with Gasteiger partial charge in [0.15, 0.2) is 0 Å². The molecule has 1 saturated carbocycles. The molecule has 0 bridgehead atoms. The minimum absolute atomic E-state index is 0.607. The van der Waals surface area contributed by atoms with Crippen LogP contribution in [0.1, 0.15) is 24.0 Å². The molecule has 3 nitrogen and oxygen atoms in total. The standard InChI is InChI=1S/C14H21NO2/c1-11-3-6-14(17-8-7-16-2)12(9-11)10-15-13-4-5-13/h3,6,9,13,15H,4-5,7-8,10H2,1-2H3. The molecule has 0 aliphatic heterocycles. The number of hydrogen-bond acceptors (Lipinski definition) is 3. The van der Waals surface area contributed by atoms with Crippen molar-refractivity contribution < 1.29 is 9.47 Å². The van der Waals surface area contributed by atoms with Crippen molar-refractivity contribution in [3.63, 3.8) is 0 Å². The van der Waals surface area contributed by atoms with Gasteiger partial charge in [-0.25, -0.2) is 0 Å². The zero-order valence-corrected chi connectivity index (χ0v) is 10.7. The summed E-state index contributed by atoms with van der Waals surface area (Å²) in [5.41, 5.74) is 2.52. The number of aryl methyl sites for hydroxylation is 1. The molecule has 3 heteroatoms. The summed E-state index contributed by atoms with van der Waals surface area (Å²) in [6.07, 6.45) is 2.62. The van der Waals surface area contributed by atoms with E-state index in [-0.39, 0.29) is 0 Å². The van der Waals surface area contributed by atoms with E-state index >= 15 is 0 Å². The van der Waals surface area contributed by atoms with Crippen molar-refractivity contribution in [2.24, 2.45) is 0 Å². The quantitative estimate of drug-likeness (QED) is 0.735. The second-order valence-electron chi connectivity index (χ2n) is 4.61. The van der Waals surface area contributed by atoms with Gasteiger partial charge < -0.3 is 14.8 Å². The van der Waals surface area contributed by atoms with E-state index < -0.39 is 0 Å². The van der Waals surface area contributed by atoms with E-state index in [1.54, 1.807) is 7.11 Å². The predicted molar refractivity (Wildman–Crippen MR) is 68.4 cm³/mol. The van der Waals surface area contributed by atoms with Crippen LogP contribution in [0.3, 0.4) is 0 Å². The summed E-state index contributed by atoms with van der Waals surface area (Å²) in [4.78, 5) is 0. The summed E-state index contributed by atoms with van der Waals surface area (Å²) < 4.78 is 10.7. The molecule has 1 aromatic carbocycles. The Morgan fingerprint density at radius 2 is 2.12 bits per heavy atom. The Balaban J connectivity index is 1.95. The van der Waals surface area contributed by atoms with Crippen LogP contribution in [0.25, 0.3) is 0 Å². The smallest absolute Gasteiger partial charge is 0.123 e. The molecule has 0 spiro atoms. The zero-order chi connectivity index (χ0) is 12.1. The number of nitrogens with one attached hydrogen (secondary N) is 1. The van der Waals surface area contributed by atoms with E-state index in [0.29, 0.717) is 13.2 Å². The highest BCUT2D eigenvalue weighted by Gasteiger charge is 2.20. The lowest BCUT2D eigenvalue weighted by molar-refractivity contribution is 0.145. The summed E-state index contributed by atoms with van der Waals surface area (Å²) in [5.74, 6) is 0.973. The minimum atomic E-state index is 0.607. The second kappa shape index (κ2) is 6.03. The minimum Gasteiger partial charge on any atom is -0.491 e. The van der Waals surface area contributed by atoms with Crippen molar-refractivity contribution in [2.75, 3.05) is 20.3 Å². The SMILES string of the molecule is COCCOc1ccc(C)cc1CNC1CC1. The number of methoxy groups -OCH3 is 1. The topological polar surface area (TPSA) is 30.5 Å². The summed E-state index contributed by atoms with van der Waals surface area (Å²) in [5, 5.41) is 3.52. The van der Waals surface area contributed by atoms with Gasteiger partial charge in [-0.2, -0.15) is 0 Å². The van der Waals surface area contributed by atoms with Crippen molar-refractivity contribution in [1.82, 2.24) is 5.32 Å². The molecular formula is C14H21NO2. The Kier molecular flexibility index (Phi) is 4.40. The van der Waals surface area contributed by atoms with Gasteiger partial charge in [0.2, 0.25) is 0 Å². The number of ether oxygens (including phenoxy) is 2. The van der Waals surface area contributed by atoms with Gasteiger partial charge in [-0.1, -0.05) is 17.7 Å². The Morgan fingerprint density at radius 3 is 2.82 bits per heavy atom. The first-order valence-electron chi connectivity index (χ1n) is 6.24. The average Bonchev–Trinajstić information content (AvgIpc) is 3.13. The third kappa shape index (κ3) is 4.02. The molecule has 0 amide bonds. The predicted octanol–water partition coefficient (Wildman–Crippen LogP) is 2.27. The molecular weight excluding hydrogens is 214 g/mol. The van der Waals surface area contributed by atoms with E-state index in [0.717, 1.165) is 18.3 Å². The molecule has 0 unspecified atom stereocenters. The summed E-state index contributed by atoms with van der Waals surface area (Å²) >= 11 is 0. The van der Waals surface area contributed by atoms with Crippen LogP contribution in [0.2, 0.25) is 0 Å². The molecule has 1 fully saturated rings. The number of hydrogen-bond donors (Lipinski definition) is 1. The van der Waals surface area contributed by atoms with Crippen LogP contribution in [0.4, 0.5) is 0 Å². The maximum Gasteiger partial charge on any atom is 0.123 e. The largest absolute Gasteiger partial charge is 0.491 e. The molecule has 1 aromatic rings. The first kappa shape index (κ1) is 12.4. The first-order valence-corrected chi connectivity index (χ1v) is 6.24. The van der Waals surface area contributed by atoms with Crippen molar-refractivity contribution in [1.29, 1.82) is 0 Å². The highest BCUT2D eigenvalue weighted by atomic mass is 16.5. The Labute approximate surface area is 103 Å². The summed E-state index contributed by atoms with van der Waals surface area (Å²) in [7, 11) is 1.69. The number of rotatable bonds is 7. The van der Waals surface area contributed by atoms with Gasteiger partial charge in [-0.05, 0) is 25.8 Å². The maximum absolute atomic E-state index is 5.72. The average molecular weight is 235 g/mol. The molecule has 0 saturated heterocycles. The van der Waals surface area contributed by atoms with Crippen molar-refractivity contribution >= 4 is 0 Å². The maximum atomic E-state index is 5.72. The van der Waals surface area contributed by atoms with Crippen LogP contribution in [-0.4, -0.2) is 26.4 Å². The normalized spacial score (nSPS) is 14.9. The molecule has 1 aliphatic carbocycles. The van der Waals surface area contributed by atoms with Crippen LogP contribution >= 0.6 is 0 Å². The third-order valence-corrected chi connectivity index (χ3v) is 2.92. The second-order valence-corrected chi connectivity index (χ2v) is 4.61. The fraction of sp³-hybridized carbons (Fsp3) is 0.571. The van der Waals surface area contributed by atoms with E-state index in [1.807, 2.05) is 0 Å². The molecule has 0 radical (unpaired) electrons. The van der Waals surface area contributed by atoms with Crippen LogP contribution in [-0.2, 0) is 11.3 Å². The molecule has 2 rings (SSSR count). The highest BCUT2D eigenvalue weighted by Crippen LogP contribution is 2.23. The van der Waals surface area contributed by atoms with E-state index in [9.17, 15) is 0 Å². The van der Waals surface area contributed by atoms with E-state index in [2.05, 4.69) is 30.4 Å². The van der Waals surface area contributed by atoms with Crippen molar-refractivity contribution in [2.45, 2.75) is 32.4 Å². The molecule has 0 heterocycles. The molecule has 0 aromatic heterocycles. The lowest BCUT2D eigenvalue weighted by Crippen LogP contribution is -2.16. The van der Waals surface area contributed by atoms with Gasteiger partial charge in [0.05, 0.1) is 6.61 Å². The van der Waals surface area contributed by atoms with Gasteiger partial charge in [0.25, 0.3) is 0 Å². The van der Waals surface area contributed by atoms with Gasteiger partial charge in [0, 0.05) is 25.3 Å². The fourth-order valence-corrected chi connectivity index (χ4v) is 1.76. The van der Waals surface area contributed by atoms with Crippen LogP contribution in [0, 0.1) is 6.92 Å². The highest BCUT2D eigenvalue weighted by molar-refractivity contribution is 5.37.